The first kappa shape index (κ1) is 16.1. The number of carbonyl (C=O) groups is 2. The molecule has 2 heterocycles. The largest absolute Gasteiger partial charge is 0.481 e. The van der Waals surface area contributed by atoms with E-state index in [9.17, 15) is 9.59 Å². The first-order chi connectivity index (χ1) is 9.99. The summed E-state index contributed by atoms with van der Waals surface area (Å²) < 4.78 is 0. The molecule has 2 saturated heterocycles. The van der Waals surface area contributed by atoms with E-state index in [1.54, 1.807) is 4.90 Å². The molecule has 1 N–H and O–H groups in total. The van der Waals surface area contributed by atoms with Gasteiger partial charge in [0.25, 0.3) is 0 Å². The summed E-state index contributed by atoms with van der Waals surface area (Å²) in [5.74, 6) is -0.855. The van der Waals surface area contributed by atoms with Crippen LogP contribution in [-0.4, -0.2) is 76.6 Å². The summed E-state index contributed by atoms with van der Waals surface area (Å²) in [4.78, 5) is 29.6. The van der Waals surface area contributed by atoms with E-state index in [1.807, 2.05) is 18.7 Å². The zero-order chi connectivity index (χ0) is 15.4. The van der Waals surface area contributed by atoms with E-state index in [1.165, 1.54) is 12.8 Å². The number of carboxylic acids is 1. The molecular weight excluding hydrogens is 270 g/mol. The number of rotatable bonds is 4. The molecule has 2 fully saturated rings. The van der Waals surface area contributed by atoms with E-state index >= 15 is 0 Å². The highest BCUT2D eigenvalue weighted by molar-refractivity contribution is 5.76. The molecule has 2 rings (SSSR count). The van der Waals surface area contributed by atoms with Crippen LogP contribution in [0.5, 0.6) is 0 Å². The molecule has 21 heavy (non-hydrogen) atoms. The molecule has 0 saturated carbocycles. The summed E-state index contributed by atoms with van der Waals surface area (Å²) in [7, 11) is 0. The van der Waals surface area contributed by atoms with Gasteiger partial charge in [0, 0.05) is 38.3 Å². The van der Waals surface area contributed by atoms with Gasteiger partial charge in [-0.05, 0) is 39.7 Å². The molecule has 2 aliphatic rings. The molecule has 0 aromatic carbocycles. The van der Waals surface area contributed by atoms with Crippen molar-refractivity contribution in [3.8, 4) is 0 Å². The Bertz CT molecular complexity index is 386. The Morgan fingerprint density at radius 3 is 2.62 bits per heavy atom. The van der Waals surface area contributed by atoms with E-state index in [0.717, 1.165) is 32.6 Å². The Morgan fingerprint density at radius 2 is 1.95 bits per heavy atom. The Morgan fingerprint density at radius 1 is 1.24 bits per heavy atom. The Hall–Kier alpha value is -1.30. The van der Waals surface area contributed by atoms with Crippen molar-refractivity contribution in [1.29, 1.82) is 0 Å². The second-order valence-corrected chi connectivity index (χ2v) is 6.35. The highest BCUT2D eigenvalue weighted by Gasteiger charge is 2.32. The van der Waals surface area contributed by atoms with Gasteiger partial charge in [-0.3, -0.25) is 9.69 Å². The summed E-state index contributed by atoms with van der Waals surface area (Å²) in [6, 6.07) is 0.518. The monoisotopic (exact) mass is 297 g/mol. The molecule has 0 aromatic rings. The molecule has 120 valence electrons. The van der Waals surface area contributed by atoms with Crippen molar-refractivity contribution in [3.05, 3.63) is 0 Å². The number of hydrogen-bond donors (Lipinski definition) is 1. The molecule has 0 spiro atoms. The lowest BCUT2D eigenvalue weighted by molar-refractivity contribution is -0.137. The lowest BCUT2D eigenvalue weighted by Gasteiger charge is -2.33. The van der Waals surface area contributed by atoms with Crippen molar-refractivity contribution in [2.24, 2.45) is 0 Å². The lowest BCUT2D eigenvalue weighted by Crippen LogP contribution is -2.49. The summed E-state index contributed by atoms with van der Waals surface area (Å²) in [6.45, 7) is 7.97. The van der Waals surface area contributed by atoms with Gasteiger partial charge in [-0.25, -0.2) is 4.79 Å². The van der Waals surface area contributed by atoms with Crippen molar-refractivity contribution in [3.63, 3.8) is 0 Å². The van der Waals surface area contributed by atoms with Gasteiger partial charge in [0.1, 0.15) is 0 Å². The molecular formula is C15H27N3O3. The van der Waals surface area contributed by atoms with Gasteiger partial charge >= 0.3 is 12.0 Å². The smallest absolute Gasteiger partial charge is 0.320 e. The molecule has 1 unspecified atom stereocenters. The minimum atomic E-state index is -0.855. The third kappa shape index (κ3) is 4.09. The Kier molecular flexibility index (Phi) is 5.45. The van der Waals surface area contributed by atoms with E-state index < -0.39 is 5.97 Å². The van der Waals surface area contributed by atoms with Crippen LogP contribution in [0.25, 0.3) is 0 Å². The van der Waals surface area contributed by atoms with Crippen molar-refractivity contribution in [2.45, 2.75) is 51.6 Å². The van der Waals surface area contributed by atoms with Crippen LogP contribution in [0.1, 0.15) is 39.5 Å². The average Bonchev–Trinajstić information content (AvgIpc) is 2.75. The van der Waals surface area contributed by atoms with Gasteiger partial charge in [0.05, 0.1) is 6.42 Å². The van der Waals surface area contributed by atoms with Crippen molar-refractivity contribution < 1.29 is 14.7 Å². The minimum Gasteiger partial charge on any atom is -0.481 e. The molecule has 2 amide bonds. The fourth-order valence-electron chi connectivity index (χ4n) is 3.35. The summed E-state index contributed by atoms with van der Waals surface area (Å²) in [6.07, 6.45) is 3.40. The maximum Gasteiger partial charge on any atom is 0.320 e. The molecule has 6 heteroatoms. The first-order valence-corrected chi connectivity index (χ1v) is 8.00. The van der Waals surface area contributed by atoms with Crippen molar-refractivity contribution >= 4 is 12.0 Å². The van der Waals surface area contributed by atoms with E-state index in [2.05, 4.69) is 4.90 Å². The predicted octanol–water partition coefficient (Wildman–Crippen LogP) is 1.46. The molecule has 0 aromatic heterocycles. The van der Waals surface area contributed by atoms with Crippen LogP contribution in [0.4, 0.5) is 4.79 Å². The number of carbonyl (C=O) groups excluding carboxylic acids is 1. The zero-order valence-corrected chi connectivity index (χ0v) is 13.1. The van der Waals surface area contributed by atoms with Gasteiger partial charge in [0.2, 0.25) is 0 Å². The van der Waals surface area contributed by atoms with Crippen molar-refractivity contribution in [1.82, 2.24) is 14.7 Å². The summed E-state index contributed by atoms with van der Waals surface area (Å²) in [5, 5.41) is 8.85. The summed E-state index contributed by atoms with van der Waals surface area (Å²) >= 11 is 0. The highest BCUT2D eigenvalue weighted by Crippen LogP contribution is 2.22. The predicted molar refractivity (Wildman–Crippen MR) is 80.3 cm³/mol. The van der Waals surface area contributed by atoms with E-state index in [4.69, 9.17) is 5.11 Å². The fourth-order valence-corrected chi connectivity index (χ4v) is 3.35. The van der Waals surface area contributed by atoms with E-state index in [0.29, 0.717) is 6.04 Å². The number of carboxylic acid groups (broad SMARTS) is 1. The number of aliphatic carboxylic acids is 1. The number of nitrogens with zero attached hydrogens (tertiary/aromatic N) is 3. The summed E-state index contributed by atoms with van der Waals surface area (Å²) in [5.41, 5.74) is 0. The third-order valence-electron chi connectivity index (χ3n) is 4.51. The maximum atomic E-state index is 12.7. The SMILES string of the molecule is CC(C)N(CCC(=O)O)C(=O)N1CCCN2CCCC2C1. The van der Waals surface area contributed by atoms with Crippen LogP contribution in [0, 0.1) is 0 Å². The molecule has 6 nitrogen and oxygen atoms in total. The fraction of sp³-hybridized carbons (Fsp3) is 0.867. The van der Waals surface area contributed by atoms with Gasteiger partial charge in [-0.2, -0.15) is 0 Å². The van der Waals surface area contributed by atoms with Gasteiger partial charge in [0.15, 0.2) is 0 Å². The van der Waals surface area contributed by atoms with E-state index in [-0.39, 0.29) is 25.0 Å². The first-order valence-electron chi connectivity index (χ1n) is 8.00. The normalized spacial score (nSPS) is 23.0. The standard InChI is InChI=1S/C15H27N3O3/c1-12(2)18(10-6-14(19)20)15(21)17-9-4-8-16-7-3-5-13(16)11-17/h12-13H,3-11H2,1-2H3,(H,19,20). The molecule has 0 aliphatic carbocycles. The van der Waals surface area contributed by atoms with Gasteiger partial charge in [-0.1, -0.05) is 0 Å². The van der Waals surface area contributed by atoms with Crippen LogP contribution in [-0.2, 0) is 4.79 Å². The minimum absolute atomic E-state index is 0. The van der Waals surface area contributed by atoms with Crippen LogP contribution >= 0.6 is 0 Å². The number of urea groups is 1. The van der Waals surface area contributed by atoms with Gasteiger partial charge in [-0.15, -0.1) is 0 Å². The van der Waals surface area contributed by atoms with Crippen molar-refractivity contribution in [2.75, 3.05) is 32.7 Å². The number of hydrogen-bond acceptors (Lipinski definition) is 3. The second kappa shape index (κ2) is 7.11. The van der Waals surface area contributed by atoms with Crippen LogP contribution in [0.3, 0.4) is 0 Å². The lowest BCUT2D eigenvalue weighted by atomic mass is 10.2. The maximum absolute atomic E-state index is 12.7. The topological polar surface area (TPSA) is 64.1 Å². The molecule has 1 atom stereocenters. The number of amides is 2. The Balaban J connectivity index is 1.99. The zero-order valence-electron chi connectivity index (χ0n) is 13.1. The Labute approximate surface area is 126 Å². The molecule has 0 bridgehead atoms. The van der Waals surface area contributed by atoms with Crippen LogP contribution in [0.15, 0.2) is 0 Å². The molecule has 2 aliphatic heterocycles. The quantitative estimate of drug-likeness (QED) is 0.853. The van der Waals surface area contributed by atoms with Crippen LogP contribution < -0.4 is 0 Å². The third-order valence-corrected chi connectivity index (χ3v) is 4.51. The molecule has 0 radical (unpaired) electrons. The average molecular weight is 297 g/mol. The van der Waals surface area contributed by atoms with Crippen LogP contribution in [0.2, 0.25) is 0 Å². The highest BCUT2D eigenvalue weighted by atomic mass is 16.4. The van der Waals surface area contributed by atoms with Gasteiger partial charge < -0.3 is 14.9 Å². The second-order valence-electron chi connectivity index (χ2n) is 6.35. The number of fused-ring (bicyclic) bond motifs is 1.